The van der Waals surface area contributed by atoms with Crippen molar-refractivity contribution in [2.75, 3.05) is 13.7 Å². The largest absolute Gasteiger partial charge is 0.464 e. The lowest BCUT2D eigenvalue weighted by molar-refractivity contribution is -0.166. The van der Waals surface area contributed by atoms with Crippen molar-refractivity contribution in [3.05, 3.63) is 35.9 Å². The van der Waals surface area contributed by atoms with Crippen LogP contribution < -0.4 is 5.32 Å². The maximum atomic E-state index is 13.0. The summed E-state index contributed by atoms with van der Waals surface area (Å²) in [7, 11) is 1.49. The van der Waals surface area contributed by atoms with Crippen molar-refractivity contribution in [1.82, 2.24) is 10.2 Å². The van der Waals surface area contributed by atoms with Gasteiger partial charge in [0.1, 0.15) is 0 Å². The summed E-state index contributed by atoms with van der Waals surface area (Å²) in [6.07, 6.45) is 0. The van der Waals surface area contributed by atoms with E-state index in [1.54, 1.807) is 20.8 Å². The molecule has 1 saturated heterocycles. The van der Waals surface area contributed by atoms with Crippen LogP contribution in [0.4, 0.5) is 0 Å². The van der Waals surface area contributed by atoms with Gasteiger partial charge in [0, 0.05) is 25.4 Å². The number of esters is 1. The standard InChI is InChI=1S/C18H24N2O4/c1-5-24-17(23)18(13(3)12(2)15(21)20(18)4)16(22)19-11-14-9-7-6-8-10-14/h6-10,12-13H,5,11H2,1-4H3,(H,19,22). The summed E-state index contributed by atoms with van der Waals surface area (Å²) >= 11 is 0. The second-order valence-corrected chi connectivity index (χ2v) is 6.13. The molecule has 0 radical (unpaired) electrons. The number of hydrogen-bond acceptors (Lipinski definition) is 4. The lowest BCUT2D eigenvalue weighted by atomic mass is 9.80. The molecule has 1 N–H and O–H groups in total. The molecule has 1 aliphatic rings. The normalized spacial score (nSPS) is 26.3. The van der Waals surface area contributed by atoms with Gasteiger partial charge in [-0.15, -0.1) is 0 Å². The molecule has 3 atom stereocenters. The number of ether oxygens (including phenoxy) is 1. The Labute approximate surface area is 142 Å². The van der Waals surface area contributed by atoms with Gasteiger partial charge in [0.05, 0.1) is 6.61 Å². The van der Waals surface area contributed by atoms with Crippen LogP contribution in [0.3, 0.4) is 0 Å². The minimum absolute atomic E-state index is 0.148. The van der Waals surface area contributed by atoms with Gasteiger partial charge in [0.2, 0.25) is 11.4 Å². The molecular weight excluding hydrogens is 308 g/mol. The molecule has 1 aromatic rings. The first-order valence-electron chi connectivity index (χ1n) is 8.14. The third-order valence-corrected chi connectivity index (χ3v) is 4.89. The summed E-state index contributed by atoms with van der Waals surface area (Å²) in [6.45, 7) is 5.58. The fraction of sp³-hybridized carbons (Fsp3) is 0.500. The first-order chi connectivity index (χ1) is 11.4. The average Bonchev–Trinajstić information content (AvgIpc) is 2.76. The molecule has 3 unspecified atom stereocenters. The van der Waals surface area contributed by atoms with Crippen LogP contribution in [-0.4, -0.2) is 41.9 Å². The second-order valence-electron chi connectivity index (χ2n) is 6.13. The molecule has 0 spiro atoms. The summed E-state index contributed by atoms with van der Waals surface area (Å²) in [5, 5.41) is 2.79. The van der Waals surface area contributed by atoms with Crippen LogP contribution in [0.25, 0.3) is 0 Å². The summed E-state index contributed by atoms with van der Waals surface area (Å²) < 4.78 is 5.15. The number of amides is 2. The number of carbonyl (C=O) groups is 3. The van der Waals surface area contributed by atoms with Crippen molar-refractivity contribution in [2.45, 2.75) is 32.9 Å². The number of hydrogen-bond donors (Lipinski definition) is 1. The number of nitrogens with one attached hydrogen (secondary N) is 1. The first kappa shape index (κ1) is 18.0. The van der Waals surface area contributed by atoms with Crippen LogP contribution in [0, 0.1) is 11.8 Å². The topological polar surface area (TPSA) is 75.7 Å². The monoisotopic (exact) mass is 332 g/mol. The van der Waals surface area contributed by atoms with E-state index in [2.05, 4.69) is 5.32 Å². The first-order valence-corrected chi connectivity index (χ1v) is 8.14. The fourth-order valence-electron chi connectivity index (χ4n) is 3.29. The van der Waals surface area contributed by atoms with Crippen LogP contribution in [0.1, 0.15) is 26.3 Å². The van der Waals surface area contributed by atoms with Crippen molar-refractivity contribution >= 4 is 17.8 Å². The van der Waals surface area contributed by atoms with Gasteiger partial charge in [-0.1, -0.05) is 44.2 Å². The van der Waals surface area contributed by atoms with E-state index in [1.165, 1.54) is 11.9 Å². The number of likely N-dealkylation sites (N-methyl/N-ethyl adjacent to an activating group) is 1. The van der Waals surface area contributed by atoms with E-state index in [9.17, 15) is 14.4 Å². The molecule has 0 aromatic heterocycles. The molecule has 6 heteroatoms. The van der Waals surface area contributed by atoms with Crippen LogP contribution in [0.2, 0.25) is 0 Å². The fourth-order valence-corrected chi connectivity index (χ4v) is 3.29. The zero-order valence-electron chi connectivity index (χ0n) is 14.5. The van der Waals surface area contributed by atoms with E-state index in [-0.39, 0.29) is 19.1 Å². The predicted molar refractivity (Wildman–Crippen MR) is 88.8 cm³/mol. The number of nitrogens with zero attached hydrogens (tertiary/aromatic N) is 1. The molecule has 130 valence electrons. The highest BCUT2D eigenvalue weighted by atomic mass is 16.5. The Morgan fingerprint density at radius 3 is 2.38 bits per heavy atom. The highest BCUT2D eigenvalue weighted by Gasteiger charge is 2.64. The van der Waals surface area contributed by atoms with E-state index >= 15 is 0 Å². The van der Waals surface area contributed by atoms with Gasteiger partial charge in [-0.3, -0.25) is 9.59 Å². The minimum Gasteiger partial charge on any atom is -0.464 e. The second kappa shape index (κ2) is 7.03. The van der Waals surface area contributed by atoms with Crippen LogP contribution in [0.5, 0.6) is 0 Å². The Morgan fingerprint density at radius 1 is 1.25 bits per heavy atom. The maximum absolute atomic E-state index is 13.0. The van der Waals surface area contributed by atoms with Crippen LogP contribution in [0.15, 0.2) is 30.3 Å². The van der Waals surface area contributed by atoms with E-state index in [1.807, 2.05) is 30.3 Å². The van der Waals surface area contributed by atoms with Gasteiger partial charge in [-0.2, -0.15) is 0 Å². The Morgan fingerprint density at radius 2 is 1.88 bits per heavy atom. The lowest BCUT2D eigenvalue weighted by Crippen LogP contribution is -2.63. The Kier molecular flexibility index (Phi) is 5.26. The summed E-state index contributed by atoms with van der Waals surface area (Å²) in [6, 6.07) is 9.40. The predicted octanol–water partition coefficient (Wildman–Crippen LogP) is 1.35. The minimum atomic E-state index is -1.62. The zero-order valence-corrected chi connectivity index (χ0v) is 14.5. The summed E-state index contributed by atoms with van der Waals surface area (Å²) in [5.74, 6) is -2.32. The molecular formula is C18H24N2O4. The SMILES string of the molecule is CCOC(=O)C1(C(=O)NCc2ccccc2)C(C)C(C)C(=O)N1C. The number of benzene rings is 1. The number of carbonyl (C=O) groups excluding carboxylic acids is 3. The highest BCUT2D eigenvalue weighted by molar-refractivity contribution is 6.12. The quantitative estimate of drug-likeness (QED) is 0.652. The Bertz CT molecular complexity index is 631. The van der Waals surface area contributed by atoms with E-state index in [0.717, 1.165) is 5.56 Å². The van der Waals surface area contributed by atoms with Gasteiger partial charge in [0.25, 0.3) is 5.91 Å². The molecule has 1 aromatic carbocycles. The summed E-state index contributed by atoms with van der Waals surface area (Å²) in [4.78, 5) is 39.2. The van der Waals surface area contributed by atoms with Crippen LogP contribution >= 0.6 is 0 Å². The Balaban J connectivity index is 2.31. The van der Waals surface area contributed by atoms with E-state index < -0.39 is 29.3 Å². The third-order valence-electron chi connectivity index (χ3n) is 4.89. The van der Waals surface area contributed by atoms with Crippen molar-refractivity contribution < 1.29 is 19.1 Å². The van der Waals surface area contributed by atoms with Crippen molar-refractivity contribution in [3.8, 4) is 0 Å². The van der Waals surface area contributed by atoms with Gasteiger partial charge in [-0.05, 0) is 12.5 Å². The van der Waals surface area contributed by atoms with Crippen molar-refractivity contribution in [2.24, 2.45) is 11.8 Å². The van der Waals surface area contributed by atoms with Gasteiger partial charge in [-0.25, -0.2) is 4.79 Å². The molecule has 0 aliphatic carbocycles. The highest BCUT2D eigenvalue weighted by Crippen LogP contribution is 2.40. The molecule has 1 aliphatic heterocycles. The molecule has 0 saturated carbocycles. The average molecular weight is 332 g/mol. The van der Waals surface area contributed by atoms with Gasteiger partial charge in [0.15, 0.2) is 0 Å². The van der Waals surface area contributed by atoms with Crippen LogP contribution in [-0.2, 0) is 25.7 Å². The number of likely N-dealkylation sites (tertiary alicyclic amines) is 1. The van der Waals surface area contributed by atoms with Gasteiger partial charge < -0.3 is 15.0 Å². The number of rotatable bonds is 5. The van der Waals surface area contributed by atoms with Gasteiger partial charge >= 0.3 is 5.97 Å². The lowest BCUT2D eigenvalue weighted by Gasteiger charge is -2.35. The third kappa shape index (κ3) is 2.77. The molecule has 0 bridgehead atoms. The molecule has 6 nitrogen and oxygen atoms in total. The molecule has 24 heavy (non-hydrogen) atoms. The molecule has 2 rings (SSSR count). The zero-order chi connectivity index (χ0) is 17.9. The smallest absolute Gasteiger partial charge is 0.342 e. The summed E-state index contributed by atoms with van der Waals surface area (Å²) in [5.41, 5.74) is -0.709. The molecule has 2 amide bonds. The molecule has 1 heterocycles. The maximum Gasteiger partial charge on any atom is 0.342 e. The van der Waals surface area contributed by atoms with Crippen molar-refractivity contribution in [3.63, 3.8) is 0 Å². The molecule has 1 fully saturated rings. The van der Waals surface area contributed by atoms with E-state index in [0.29, 0.717) is 0 Å². The van der Waals surface area contributed by atoms with Crippen molar-refractivity contribution in [1.29, 1.82) is 0 Å². The van der Waals surface area contributed by atoms with E-state index in [4.69, 9.17) is 4.74 Å². The Hall–Kier alpha value is -2.37.